The van der Waals surface area contributed by atoms with E-state index in [1.54, 1.807) is 6.20 Å². The number of aliphatic carboxylic acids is 1. The minimum atomic E-state index is -4.08. The van der Waals surface area contributed by atoms with Gasteiger partial charge >= 0.3 is 0 Å². The molecule has 1 rings (SSSR count). The third-order valence-electron chi connectivity index (χ3n) is 1.94. The van der Waals surface area contributed by atoms with Gasteiger partial charge in [0, 0.05) is 57.5 Å². The number of aromatic nitrogens is 2. The van der Waals surface area contributed by atoms with Crippen molar-refractivity contribution < 1.29 is 42.3 Å². The summed E-state index contributed by atoms with van der Waals surface area (Å²) in [7, 11) is -4.08. The molecule has 0 amide bonds. The van der Waals surface area contributed by atoms with Crippen molar-refractivity contribution in [3.63, 3.8) is 0 Å². The summed E-state index contributed by atoms with van der Waals surface area (Å²) >= 11 is 0. The molecule has 0 spiro atoms. The second-order valence-corrected chi connectivity index (χ2v) is 5.04. The van der Waals surface area contributed by atoms with E-state index in [4.69, 9.17) is 9.90 Å². The molecule has 0 radical (unpaired) electrons. The van der Waals surface area contributed by atoms with Crippen molar-refractivity contribution in [3.05, 3.63) is 18.2 Å². The number of aryl methyl sites for hydroxylation is 2. The molecule has 0 saturated heterocycles. The summed E-state index contributed by atoms with van der Waals surface area (Å²) in [5, 5.41) is 7.42. The Morgan fingerprint density at radius 3 is 2.47 bits per heavy atom. The zero-order valence-electron chi connectivity index (χ0n) is 11.1. The van der Waals surface area contributed by atoms with Gasteiger partial charge in [-0.25, -0.2) is 13.4 Å². The van der Waals surface area contributed by atoms with Gasteiger partial charge in [0.2, 0.25) is 0 Å². The standard InChI is InChI=1S/C8H14N2O3S.C2H4O2.Zn/c1-2-10-6-5-9-8(10)4-3-7-14(11,12)13;1-2(3)4;/h5-6H,2-4,7H2,1H3,(H,11,12,13);1H3,(H,3,4);/p-1. The normalized spacial score (nSPS) is 10.1. The van der Waals surface area contributed by atoms with E-state index in [2.05, 4.69) is 4.98 Å². The molecular formula is C10H17N2O5SZn-. The molecule has 0 atom stereocenters. The van der Waals surface area contributed by atoms with Crippen molar-refractivity contribution in [2.24, 2.45) is 0 Å². The van der Waals surface area contributed by atoms with Crippen LogP contribution in [0.5, 0.6) is 0 Å². The van der Waals surface area contributed by atoms with E-state index >= 15 is 0 Å². The quantitative estimate of drug-likeness (QED) is 0.615. The van der Waals surface area contributed by atoms with Gasteiger partial charge in [-0.3, -0.25) is 4.79 Å². The number of nitrogens with zero attached hydrogens (tertiary/aromatic N) is 2. The number of carboxylic acids is 1. The summed E-state index contributed by atoms with van der Waals surface area (Å²) in [5.74, 6) is -0.319. The van der Waals surface area contributed by atoms with Gasteiger partial charge in [0.05, 0.1) is 10.1 Å². The van der Waals surface area contributed by atoms with Crippen LogP contribution in [0.3, 0.4) is 0 Å². The van der Waals surface area contributed by atoms with E-state index in [1.807, 2.05) is 17.7 Å². The van der Waals surface area contributed by atoms with Crippen LogP contribution in [0.15, 0.2) is 12.4 Å². The molecule has 0 aliphatic rings. The molecule has 0 aliphatic carbocycles. The average Bonchev–Trinajstić information content (AvgIpc) is 2.62. The number of hydrogen-bond acceptors (Lipinski definition) is 5. The average molecular weight is 343 g/mol. The second-order valence-electron chi connectivity index (χ2n) is 3.51. The predicted molar refractivity (Wildman–Crippen MR) is 64.1 cm³/mol. The Kier molecular flexibility index (Phi) is 10.9. The van der Waals surface area contributed by atoms with Crippen LogP contribution in [-0.4, -0.2) is 39.4 Å². The first-order valence-corrected chi connectivity index (χ1v) is 6.97. The van der Waals surface area contributed by atoms with E-state index in [9.17, 15) is 13.0 Å². The summed E-state index contributed by atoms with van der Waals surface area (Å²) in [6.07, 6.45) is 4.37. The molecule has 0 fully saturated rings. The summed E-state index contributed by atoms with van der Waals surface area (Å²) in [6.45, 7) is 3.87. The Labute approximate surface area is 125 Å². The van der Waals surface area contributed by atoms with Crippen LogP contribution in [0.4, 0.5) is 0 Å². The molecular weight excluding hydrogens is 326 g/mol. The number of imidazole rings is 1. The molecule has 9 heteroatoms. The Morgan fingerprint density at radius 2 is 2.05 bits per heavy atom. The predicted octanol–water partition coefficient (Wildman–Crippen LogP) is 0.469. The van der Waals surface area contributed by atoms with Crippen molar-refractivity contribution in [1.29, 1.82) is 0 Å². The fourth-order valence-corrected chi connectivity index (χ4v) is 1.76. The molecule has 0 bridgehead atoms. The Morgan fingerprint density at radius 1 is 1.53 bits per heavy atom. The monoisotopic (exact) mass is 341 g/mol. The Balaban J connectivity index is 0. The molecule has 1 heterocycles. The Bertz CT molecular complexity index is 468. The fraction of sp³-hybridized carbons (Fsp3) is 0.600. The third kappa shape index (κ3) is 12.0. The van der Waals surface area contributed by atoms with Crippen LogP contribution in [0.25, 0.3) is 0 Å². The third-order valence-corrected chi connectivity index (χ3v) is 2.73. The minimum Gasteiger partial charge on any atom is -0.748 e. The molecule has 1 aromatic rings. The van der Waals surface area contributed by atoms with Gasteiger partial charge in [0.15, 0.2) is 0 Å². The smallest absolute Gasteiger partial charge is 0.300 e. The van der Waals surface area contributed by atoms with E-state index in [-0.39, 0.29) is 25.2 Å². The topological polar surface area (TPSA) is 112 Å². The van der Waals surface area contributed by atoms with Gasteiger partial charge in [0.25, 0.3) is 5.97 Å². The number of carboxylic acid groups (broad SMARTS) is 1. The molecule has 106 valence electrons. The SMILES string of the molecule is CC(=O)O.CCn1ccnc1CCCS(=O)(=O)[O-].[Zn]. The van der Waals surface area contributed by atoms with Crippen LogP contribution in [-0.2, 0) is 47.4 Å². The van der Waals surface area contributed by atoms with Crippen molar-refractivity contribution in [3.8, 4) is 0 Å². The number of hydrogen-bond donors (Lipinski definition) is 1. The first-order chi connectivity index (χ1) is 8.26. The summed E-state index contributed by atoms with van der Waals surface area (Å²) in [5.41, 5.74) is 0. The summed E-state index contributed by atoms with van der Waals surface area (Å²) in [4.78, 5) is 13.1. The Hall–Kier alpha value is -0.787. The van der Waals surface area contributed by atoms with Crippen molar-refractivity contribution in [2.75, 3.05) is 5.75 Å². The largest absolute Gasteiger partial charge is 0.748 e. The summed E-state index contributed by atoms with van der Waals surface area (Å²) in [6, 6.07) is 0. The summed E-state index contributed by atoms with van der Waals surface area (Å²) < 4.78 is 32.9. The second kappa shape index (κ2) is 10.1. The van der Waals surface area contributed by atoms with Crippen LogP contribution in [0.2, 0.25) is 0 Å². The van der Waals surface area contributed by atoms with Crippen LogP contribution in [0.1, 0.15) is 26.1 Å². The maximum Gasteiger partial charge on any atom is 0.300 e. The van der Waals surface area contributed by atoms with Gasteiger partial charge < -0.3 is 14.2 Å². The van der Waals surface area contributed by atoms with Gasteiger partial charge in [0.1, 0.15) is 5.82 Å². The van der Waals surface area contributed by atoms with E-state index in [0.717, 1.165) is 19.3 Å². The van der Waals surface area contributed by atoms with E-state index < -0.39 is 16.1 Å². The number of carbonyl (C=O) groups is 1. The minimum absolute atomic E-state index is 0. The fourth-order valence-electron chi connectivity index (χ4n) is 1.26. The van der Waals surface area contributed by atoms with Crippen molar-refractivity contribution >= 4 is 16.1 Å². The van der Waals surface area contributed by atoms with Gasteiger partial charge in [-0.1, -0.05) is 0 Å². The zero-order chi connectivity index (χ0) is 14.2. The maximum atomic E-state index is 10.3. The molecule has 1 N–H and O–H groups in total. The first-order valence-electron chi connectivity index (χ1n) is 5.39. The molecule has 0 unspecified atom stereocenters. The van der Waals surface area contributed by atoms with Crippen molar-refractivity contribution in [1.82, 2.24) is 9.55 Å². The van der Waals surface area contributed by atoms with Gasteiger partial charge in [-0.05, 0) is 13.3 Å². The van der Waals surface area contributed by atoms with E-state index in [1.165, 1.54) is 0 Å². The van der Waals surface area contributed by atoms with Crippen LogP contribution >= 0.6 is 0 Å². The molecule has 7 nitrogen and oxygen atoms in total. The first kappa shape index (κ1) is 20.5. The zero-order valence-corrected chi connectivity index (χ0v) is 14.9. The molecule has 0 aromatic carbocycles. The molecule has 0 saturated carbocycles. The number of rotatable bonds is 5. The molecule has 1 aromatic heterocycles. The van der Waals surface area contributed by atoms with E-state index in [0.29, 0.717) is 12.8 Å². The van der Waals surface area contributed by atoms with Crippen LogP contribution in [0, 0.1) is 0 Å². The molecule has 0 aliphatic heterocycles. The van der Waals surface area contributed by atoms with Gasteiger partial charge in [-0.2, -0.15) is 0 Å². The van der Waals surface area contributed by atoms with Crippen molar-refractivity contribution in [2.45, 2.75) is 33.2 Å². The van der Waals surface area contributed by atoms with Crippen LogP contribution < -0.4 is 0 Å². The molecule has 19 heavy (non-hydrogen) atoms. The van der Waals surface area contributed by atoms with Gasteiger partial charge in [-0.15, -0.1) is 0 Å². The maximum absolute atomic E-state index is 10.3.